The third-order valence-corrected chi connectivity index (χ3v) is 3.36. The molecule has 1 aromatic heterocycles. The van der Waals surface area contributed by atoms with Crippen molar-refractivity contribution in [2.75, 3.05) is 0 Å². The van der Waals surface area contributed by atoms with Gasteiger partial charge in [-0.05, 0) is 47.9 Å². The van der Waals surface area contributed by atoms with Gasteiger partial charge in [-0.3, -0.25) is 11.3 Å². The molecule has 0 aliphatic rings. The van der Waals surface area contributed by atoms with E-state index in [9.17, 15) is 4.39 Å². The minimum atomic E-state index is -0.331. The fourth-order valence-corrected chi connectivity index (χ4v) is 2.20. The summed E-state index contributed by atoms with van der Waals surface area (Å²) in [6.45, 7) is 0. The highest BCUT2D eigenvalue weighted by molar-refractivity contribution is 6.31. The lowest BCUT2D eigenvalue weighted by molar-refractivity contribution is 0.548. The van der Waals surface area contributed by atoms with Gasteiger partial charge in [0.05, 0.1) is 6.04 Å². The van der Waals surface area contributed by atoms with Gasteiger partial charge in [0.2, 0.25) is 0 Å². The van der Waals surface area contributed by atoms with Crippen LogP contribution in [0.15, 0.2) is 36.5 Å². The molecule has 0 amide bonds. The molecule has 2 rings (SSSR count). The molecule has 0 fully saturated rings. The summed E-state index contributed by atoms with van der Waals surface area (Å²) in [6.07, 6.45) is 2.04. The van der Waals surface area contributed by atoms with Crippen molar-refractivity contribution in [3.05, 3.63) is 63.6 Å². The van der Waals surface area contributed by atoms with Crippen molar-refractivity contribution in [3.63, 3.8) is 0 Å². The molecule has 0 aliphatic carbocycles. The van der Waals surface area contributed by atoms with Crippen LogP contribution in [0.25, 0.3) is 0 Å². The van der Waals surface area contributed by atoms with E-state index in [2.05, 4.69) is 10.4 Å². The van der Waals surface area contributed by atoms with Gasteiger partial charge in [-0.15, -0.1) is 0 Å². The number of benzene rings is 1. The maximum atomic E-state index is 13.2. The average Bonchev–Trinajstić information content (AvgIpc) is 2.39. The normalized spacial score (nSPS) is 12.4. The molecule has 0 bridgehead atoms. The Kier molecular flexibility index (Phi) is 4.71. The summed E-state index contributed by atoms with van der Waals surface area (Å²) < 4.78 is 13.2. The number of pyridine rings is 1. The van der Waals surface area contributed by atoms with Gasteiger partial charge in [0.1, 0.15) is 11.0 Å². The number of hydrogen-bond donors (Lipinski definition) is 2. The molecule has 19 heavy (non-hydrogen) atoms. The number of hydrazine groups is 1. The van der Waals surface area contributed by atoms with Crippen LogP contribution < -0.4 is 11.3 Å². The summed E-state index contributed by atoms with van der Waals surface area (Å²) in [5.41, 5.74) is 4.22. The Labute approximate surface area is 120 Å². The molecule has 3 N–H and O–H groups in total. The zero-order valence-electron chi connectivity index (χ0n) is 9.91. The summed E-state index contributed by atoms with van der Waals surface area (Å²) in [5.74, 6) is 5.21. The Hall–Kier alpha value is -1.20. The maximum absolute atomic E-state index is 13.2. The number of nitrogens with two attached hydrogens (primary N) is 1. The molecule has 0 radical (unpaired) electrons. The summed E-state index contributed by atoms with van der Waals surface area (Å²) in [6, 6.07) is 7.53. The lowest BCUT2D eigenvalue weighted by Crippen LogP contribution is -2.29. The molecule has 0 saturated carbocycles. The van der Waals surface area contributed by atoms with E-state index in [0.29, 0.717) is 22.2 Å². The van der Waals surface area contributed by atoms with Gasteiger partial charge in [0, 0.05) is 11.2 Å². The van der Waals surface area contributed by atoms with Gasteiger partial charge in [-0.2, -0.15) is 0 Å². The minimum absolute atomic E-state index is 0.222. The monoisotopic (exact) mass is 299 g/mol. The summed E-state index contributed by atoms with van der Waals surface area (Å²) in [7, 11) is 0. The van der Waals surface area contributed by atoms with E-state index < -0.39 is 0 Å². The molecule has 1 unspecified atom stereocenters. The first-order chi connectivity index (χ1) is 9.10. The molecule has 0 aliphatic heterocycles. The Bertz CT molecular complexity index is 578. The molecule has 2 aromatic rings. The predicted molar refractivity (Wildman–Crippen MR) is 74.4 cm³/mol. The molecule has 6 heteroatoms. The van der Waals surface area contributed by atoms with Crippen LogP contribution in [0.1, 0.15) is 17.2 Å². The smallest absolute Gasteiger partial charge is 0.129 e. The molecule has 100 valence electrons. The fraction of sp³-hybridized carbons (Fsp3) is 0.154. The maximum Gasteiger partial charge on any atom is 0.129 e. The second-order valence-electron chi connectivity index (χ2n) is 4.07. The standard InChI is InChI=1S/C13H12Cl2FN3/c14-11-2-1-10(16)5-9(11)6-12(19-17)8-3-4-18-13(15)7-8/h1-5,7,12,19H,6,17H2. The van der Waals surface area contributed by atoms with E-state index in [-0.39, 0.29) is 11.9 Å². The molecule has 0 saturated heterocycles. The SMILES string of the molecule is NNC(Cc1cc(F)ccc1Cl)c1ccnc(Cl)c1. The van der Waals surface area contributed by atoms with Crippen LogP contribution in [0.2, 0.25) is 10.2 Å². The van der Waals surface area contributed by atoms with Crippen molar-refractivity contribution >= 4 is 23.2 Å². The van der Waals surface area contributed by atoms with Crippen LogP contribution in [-0.4, -0.2) is 4.98 Å². The Morgan fingerprint density at radius 2 is 2.05 bits per heavy atom. The van der Waals surface area contributed by atoms with E-state index in [1.54, 1.807) is 18.3 Å². The average molecular weight is 300 g/mol. The van der Waals surface area contributed by atoms with Crippen LogP contribution in [0.3, 0.4) is 0 Å². The highest BCUT2D eigenvalue weighted by atomic mass is 35.5. The molecule has 1 heterocycles. The van der Waals surface area contributed by atoms with Crippen molar-refractivity contribution in [2.45, 2.75) is 12.5 Å². The lowest BCUT2D eigenvalue weighted by atomic mass is 10.0. The van der Waals surface area contributed by atoms with Gasteiger partial charge in [-0.1, -0.05) is 23.2 Å². The first-order valence-electron chi connectivity index (χ1n) is 5.61. The van der Waals surface area contributed by atoms with Crippen LogP contribution >= 0.6 is 23.2 Å². The third kappa shape index (κ3) is 3.64. The second-order valence-corrected chi connectivity index (χ2v) is 4.87. The predicted octanol–water partition coefficient (Wildman–Crippen LogP) is 3.27. The third-order valence-electron chi connectivity index (χ3n) is 2.79. The number of nitrogens with one attached hydrogen (secondary N) is 1. The van der Waals surface area contributed by atoms with Crippen LogP contribution in [-0.2, 0) is 6.42 Å². The zero-order valence-corrected chi connectivity index (χ0v) is 11.4. The Balaban J connectivity index is 2.26. The highest BCUT2D eigenvalue weighted by Gasteiger charge is 2.13. The number of rotatable bonds is 4. The van der Waals surface area contributed by atoms with Crippen LogP contribution in [0.5, 0.6) is 0 Å². The summed E-state index contributed by atoms with van der Waals surface area (Å²) in [5, 5.41) is 0.880. The quantitative estimate of drug-likeness (QED) is 0.517. The Morgan fingerprint density at radius 3 is 2.74 bits per heavy atom. The van der Waals surface area contributed by atoms with Crippen molar-refractivity contribution < 1.29 is 4.39 Å². The first kappa shape index (κ1) is 14.2. The molecule has 0 spiro atoms. The number of aromatic nitrogens is 1. The molecule has 3 nitrogen and oxygen atoms in total. The summed E-state index contributed by atoms with van der Waals surface area (Å²) in [4.78, 5) is 3.91. The minimum Gasteiger partial charge on any atom is -0.271 e. The van der Waals surface area contributed by atoms with E-state index >= 15 is 0 Å². The lowest BCUT2D eigenvalue weighted by Gasteiger charge is -2.17. The molecule has 1 atom stereocenters. The van der Waals surface area contributed by atoms with E-state index in [4.69, 9.17) is 29.0 Å². The number of nitrogens with zero attached hydrogens (tertiary/aromatic N) is 1. The van der Waals surface area contributed by atoms with Crippen molar-refractivity contribution in [3.8, 4) is 0 Å². The fourth-order valence-electron chi connectivity index (χ4n) is 1.83. The van der Waals surface area contributed by atoms with Gasteiger partial charge in [0.15, 0.2) is 0 Å². The topological polar surface area (TPSA) is 50.9 Å². The van der Waals surface area contributed by atoms with Crippen LogP contribution in [0, 0.1) is 5.82 Å². The summed E-state index contributed by atoms with van der Waals surface area (Å²) >= 11 is 11.9. The largest absolute Gasteiger partial charge is 0.271 e. The number of hydrogen-bond acceptors (Lipinski definition) is 3. The van der Waals surface area contributed by atoms with Gasteiger partial charge >= 0.3 is 0 Å². The van der Waals surface area contributed by atoms with Crippen molar-refractivity contribution in [1.29, 1.82) is 0 Å². The molecular formula is C13H12Cl2FN3. The van der Waals surface area contributed by atoms with Gasteiger partial charge in [0.25, 0.3) is 0 Å². The van der Waals surface area contributed by atoms with Crippen molar-refractivity contribution in [1.82, 2.24) is 10.4 Å². The van der Waals surface area contributed by atoms with Gasteiger partial charge in [-0.25, -0.2) is 9.37 Å². The second kappa shape index (κ2) is 6.30. The van der Waals surface area contributed by atoms with E-state index in [1.165, 1.54) is 18.2 Å². The van der Waals surface area contributed by atoms with E-state index in [0.717, 1.165) is 5.56 Å². The van der Waals surface area contributed by atoms with Crippen LogP contribution in [0.4, 0.5) is 4.39 Å². The van der Waals surface area contributed by atoms with Gasteiger partial charge < -0.3 is 0 Å². The molecule has 1 aromatic carbocycles. The zero-order chi connectivity index (χ0) is 13.8. The number of halogens is 3. The Morgan fingerprint density at radius 1 is 1.26 bits per heavy atom. The van der Waals surface area contributed by atoms with E-state index in [1.807, 2.05) is 0 Å². The van der Waals surface area contributed by atoms with Crippen molar-refractivity contribution in [2.24, 2.45) is 5.84 Å². The first-order valence-corrected chi connectivity index (χ1v) is 6.37. The molecular weight excluding hydrogens is 288 g/mol. The highest BCUT2D eigenvalue weighted by Crippen LogP contribution is 2.24.